The minimum atomic E-state index is -0.185. The Kier molecular flexibility index (Phi) is 5.61. The summed E-state index contributed by atoms with van der Waals surface area (Å²) in [7, 11) is 0. The van der Waals surface area contributed by atoms with Crippen LogP contribution in [-0.2, 0) is 4.79 Å². The number of aryl methyl sites for hydroxylation is 1. The number of nitrogens with one attached hydrogen (secondary N) is 2. The van der Waals surface area contributed by atoms with Crippen molar-refractivity contribution in [1.82, 2.24) is 19.5 Å². The highest BCUT2D eigenvalue weighted by atomic mass is 16.1. The molecule has 1 amide bonds. The van der Waals surface area contributed by atoms with E-state index in [2.05, 4.69) is 25.6 Å². The van der Waals surface area contributed by atoms with E-state index in [0.29, 0.717) is 11.5 Å². The highest BCUT2D eigenvalue weighted by Gasteiger charge is 2.05. The van der Waals surface area contributed by atoms with Gasteiger partial charge in [0.05, 0.1) is 0 Å². The summed E-state index contributed by atoms with van der Waals surface area (Å²) in [5.41, 5.74) is 2.53. The van der Waals surface area contributed by atoms with Crippen LogP contribution in [-0.4, -0.2) is 25.4 Å². The van der Waals surface area contributed by atoms with Crippen molar-refractivity contribution in [2.45, 2.75) is 6.92 Å². The summed E-state index contributed by atoms with van der Waals surface area (Å²) in [6.45, 7) is 1.91. The lowest BCUT2D eigenvalue weighted by atomic mass is 10.2. The molecule has 2 N–H and O–H groups in total. The first-order chi connectivity index (χ1) is 14.7. The van der Waals surface area contributed by atoms with Gasteiger partial charge >= 0.3 is 0 Å². The molecule has 0 aliphatic heterocycles. The lowest BCUT2D eigenvalue weighted by molar-refractivity contribution is -0.111. The van der Waals surface area contributed by atoms with Crippen molar-refractivity contribution in [3.05, 3.63) is 96.8 Å². The molecule has 2 heterocycles. The van der Waals surface area contributed by atoms with Gasteiger partial charge in [0.1, 0.15) is 23.8 Å². The molecule has 0 aliphatic carbocycles. The number of carbonyl (C=O) groups excluding carboxylic acids is 1. The van der Waals surface area contributed by atoms with Crippen LogP contribution in [0.5, 0.6) is 0 Å². The summed E-state index contributed by atoms with van der Waals surface area (Å²) < 4.78 is 1.88. The summed E-state index contributed by atoms with van der Waals surface area (Å²) in [4.78, 5) is 24.9. The van der Waals surface area contributed by atoms with Crippen LogP contribution >= 0.6 is 0 Å². The number of benzene rings is 2. The van der Waals surface area contributed by atoms with E-state index in [-0.39, 0.29) is 5.91 Å². The monoisotopic (exact) mass is 396 g/mol. The summed E-state index contributed by atoms with van der Waals surface area (Å²) in [5, 5.41) is 6.09. The molecule has 7 heteroatoms. The third-order valence-corrected chi connectivity index (χ3v) is 4.38. The summed E-state index contributed by atoms with van der Waals surface area (Å²) in [5.74, 6) is 2.06. The normalized spacial score (nSPS) is 10.8. The molecule has 0 aliphatic rings. The van der Waals surface area contributed by atoms with E-state index >= 15 is 0 Å². The average Bonchev–Trinajstić information content (AvgIpc) is 3.20. The fourth-order valence-electron chi connectivity index (χ4n) is 2.87. The zero-order chi connectivity index (χ0) is 20.8. The van der Waals surface area contributed by atoms with E-state index in [0.717, 1.165) is 22.9 Å². The van der Waals surface area contributed by atoms with Gasteiger partial charge in [0.2, 0.25) is 5.91 Å². The van der Waals surface area contributed by atoms with Crippen molar-refractivity contribution in [2.75, 3.05) is 10.6 Å². The second-order valence-corrected chi connectivity index (χ2v) is 6.54. The zero-order valence-electron chi connectivity index (χ0n) is 16.4. The van der Waals surface area contributed by atoms with Gasteiger partial charge in [-0.2, -0.15) is 0 Å². The minimum absolute atomic E-state index is 0.185. The van der Waals surface area contributed by atoms with Crippen LogP contribution in [0.1, 0.15) is 11.4 Å². The third-order valence-electron chi connectivity index (χ3n) is 4.38. The Bertz CT molecular complexity index is 1170. The first kappa shape index (κ1) is 19.1. The van der Waals surface area contributed by atoms with Gasteiger partial charge in [-0.3, -0.25) is 9.36 Å². The molecule has 0 saturated heterocycles. The first-order valence-corrected chi connectivity index (χ1v) is 9.41. The van der Waals surface area contributed by atoms with Gasteiger partial charge < -0.3 is 10.6 Å². The molecule has 0 unspecified atom stereocenters. The molecule has 148 valence electrons. The Morgan fingerprint density at radius 1 is 0.967 bits per heavy atom. The molecule has 0 spiro atoms. The van der Waals surface area contributed by atoms with Gasteiger partial charge in [-0.25, -0.2) is 15.0 Å². The van der Waals surface area contributed by atoms with Crippen LogP contribution in [0, 0.1) is 6.92 Å². The smallest absolute Gasteiger partial charge is 0.248 e. The van der Waals surface area contributed by atoms with Crippen LogP contribution in [0.25, 0.3) is 11.9 Å². The number of rotatable bonds is 6. The minimum Gasteiger partial charge on any atom is -0.340 e. The maximum Gasteiger partial charge on any atom is 0.248 e. The molecule has 0 radical (unpaired) electrons. The van der Waals surface area contributed by atoms with Crippen LogP contribution < -0.4 is 10.6 Å². The third kappa shape index (κ3) is 4.77. The van der Waals surface area contributed by atoms with Crippen LogP contribution in [0.3, 0.4) is 0 Å². The van der Waals surface area contributed by atoms with Crippen molar-refractivity contribution in [1.29, 1.82) is 0 Å². The average molecular weight is 396 g/mol. The number of hydrogen-bond acceptors (Lipinski definition) is 5. The molecule has 4 rings (SSSR count). The lowest BCUT2D eigenvalue weighted by Gasteiger charge is -2.09. The molecule has 0 bridgehead atoms. The van der Waals surface area contributed by atoms with Crippen molar-refractivity contribution in [2.24, 2.45) is 0 Å². The second-order valence-electron chi connectivity index (χ2n) is 6.54. The predicted octanol–water partition coefficient (Wildman–Crippen LogP) is 4.37. The molecule has 0 fully saturated rings. The van der Waals surface area contributed by atoms with Crippen molar-refractivity contribution in [3.8, 4) is 5.82 Å². The number of anilines is 3. The molecule has 7 nitrogen and oxygen atoms in total. The number of nitrogens with zero attached hydrogens (tertiary/aromatic N) is 4. The molecule has 30 heavy (non-hydrogen) atoms. The van der Waals surface area contributed by atoms with E-state index in [1.165, 1.54) is 12.4 Å². The predicted molar refractivity (Wildman–Crippen MR) is 118 cm³/mol. The quantitative estimate of drug-likeness (QED) is 0.473. The van der Waals surface area contributed by atoms with E-state index in [1.807, 2.05) is 78.4 Å². The Balaban J connectivity index is 1.39. The van der Waals surface area contributed by atoms with Crippen molar-refractivity contribution in [3.63, 3.8) is 0 Å². The van der Waals surface area contributed by atoms with E-state index in [1.54, 1.807) is 12.3 Å². The number of carbonyl (C=O) groups is 1. The highest BCUT2D eigenvalue weighted by molar-refractivity contribution is 6.02. The van der Waals surface area contributed by atoms with Gasteiger partial charge in [0, 0.05) is 35.9 Å². The summed E-state index contributed by atoms with van der Waals surface area (Å²) >= 11 is 0. The fourth-order valence-corrected chi connectivity index (χ4v) is 2.87. The molecular formula is C23H20N6O. The maximum atomic E-state index is 12.1. The molecular weight excluding hydrogens is 376 g/mol. The van der Waals surface area contributed by atoms with Gasteiger partial charge in [0.25, 0.3) is 0 Å². The van der Waals surface area contributed by atoms with Crippen LogP contribution in [0.15, 0.2) is 85.5 Å². The Labute approximate surface area is 174 Å². The van der Waals surface area contributed by atoms with Crippen molar-refractivity contribution < 1.29 is 4.79 Å². The Morgan fingerprint density at radius 3 is 2.47 bits per heavy atom. The van der Waals surface area contributed by atoms with E-state index < -0.39 is 0 Å². The molecule has 0 atom stereocenters. The Hall–Kier alpha value is -4.26. The van der Waals surface area contributed by atoms with E-state index in [4.69, 9.17) is 0 Å². The molecule has 2 aromatic carbocycles. The second kappa shape index (κ2) is 8.83. The van der Waals surface area contributed by atoms with Gasteiger partial charge in [0.15, 0.2) is 0 Å². The van der Waals surface area contributed by atoms with Gasteiger partial charge in [-0.1, -0.05) is 30.3 Å². The SMILES string of the molecule is Cc1nccn1-c1cc(Nc2ccc(NC(=O)/C=C/c3ccccc3)cc2)ncn1. The van der Waals surface area contributed by atoms with Crippen LogP contribution in [0.2, 0.25) is 0 Å². The number of imidazole rings is 1. The van der Waals surface area contributed by atoms with E-state index in [9.17, 15) is 4.79 Å². The lowest BCUT2D eigenvalue weighted by Crippen LogP contribution is -2.07. The maximum absolute atomic E-state index is 12.1. The Morgan fingerprint density at radius 2 is 1.73 bits per heavy atom. The highest BCUT2D eigenvalue weighted by Crippen LogP contribution is 2.19. The first-order valence-electron chi connectivity index (χ1n) is 9.41. The number of aromatic nitrogens is 4. The summed E-state index contributed by atoms with van der Waals surface area (Å²) in [6.07, 6.45) is 8.38. The summed E-state index contributed by atoms with van der Waals surface area (Å²) in [6, 6.07) is 18.9. The molecule has 0 saturated carbocycles. The number of amides is 1. The fraction of sp³-hybridized carbons (Fsp3) is 0.0435. The standard InChI is InChI=1S/C23H20N6O/c1-17-24-13-14-29(17)22-15-21(25-16-26-22)27-19-8-10-20(11-9-19)28-23(30)12-7-18-5-3-2-4-6-18/h2-16H,1H3,(H,28,30)(H,25,26,27)/b12-7+. The zero-order valence-corrected chi connectivity index (χ0v) is 16.4. The topological polar surface area (TPSA) is 84.7 Å². The van der Waals surface area contributed by atoms with Gasteiger partial charge in [-0.15, -0.1) is 0 Å². The number of hydrogen-bond donors (Lipinski definition) is 2. The van der Waals surface area contributed by atoms with Gasteiger partial charge in [-0.05, 0) is 42.8 Å². The molecule has 4 aromatic rings. The largest absolute Gasteiger partial charge is 0.340 e. The van der Waals surface area contributed by atoms with Crippen molar-refractivity contribution >= 4 is 29.2 Å². The van der Waals surface area contributed by atoms with Crippen LogP contribution in [0.4, 0.5) is 17.2 Å². The molecule has 2 aromatic heterocycles.